The number of nitrogens with zero attached hydrogens (tertiary/aromatic N) is 1. The van der Waals surface area contributed by atoms with Crippen LogP contribution < -0.4 is 10.9 Å². The molecular formula is C16H17N3O7. The number of rotatable bonds is 4. The van der Waals surface area contributed by atoms with Crippen LogP contribution in [0.25, 0.3) is 0 Å². The van der Waals surface area contributed by atoms with Crippen molar-refractivity contribution in [2.45, 2.75) is 32.0 Å². The molecule has 10 heteroatoms. The third-order valence-corrected chi connectivity index (χ3v) is 4.82. The van der Waals surface area contributed by atoms with E-state index in [2.05, 4.69) is 10.9 Å². The standard InChI is InChI=1S/C16H17N3O7/c1-7-6-8(2-3-9(7)19(24)25)14(20)17-18-15(21)12-10-4-5-11(26-10)13(12)16(22)23/h2-3,6,10-13H,4-5H2,1H3,(H,17,20)(H,18,21)(H,22,23)/t10-,11+,12-,13+/m1/s1. The van der Waals surface area contributed by atoms with Crippen molar-refractivity contribution >= 4 is 23.5 Å². The summed E-state index contributed by atoms with van der Waals surface area (Å²) in [4.78, 5) is 46.1. The Kier molecular flexibility index (Phi) is 4.60. The first-order valence-corrected chi connectivity index (χ1v) is 8.03. The van der Waals surface area contributed by atoms with Crippen molar-refractivity contribution in [1.82, 2.24) is 10.9 Å². The van der Waals surface area contributed by atoms with E-state index in [0.29, 0.717) is 18.4 Å². The van der Waals surface area contributed by atoms with Gasteiger partial charge in [0.05, 0.1) is 29.0 Å². The molecule has 0 aliphatic carbocycles. The molecule has 0 unspecified atom stereocenters. The summed E-state index contributed by atoms with van der Waals surface area (Å²) in [5, 5.41) is 20.1. The SMILES string of the molecule is Cc1cc(C(=O)NNC(=O)[C@H]2[C@@H](C(=O)O)[C@@H]3CC[C@H]2O3)ccc1[N+](=O)[O-]. The molecule has 1 aromatic carbocycles. The van der Waals surface area contributed by atoms with Gasteiger partial charge in [-0.15, -0.1) is 0 Å². The third-order valence-electron chi connectivity index (χ3n) is 4.82. The number of nitro groups is 1. The molecule has 2 amide bonds. The molecule has 0 saturated carbocycles. The Balaban J connectivity index is 1.64. The van der Waals surface area contributed by atoms with Crippen LogP contribution in [0.1, 0.15) is 28.8 Å². The highest BCUT2D eigenvalue weighted by molar-refractivity contribution is 5.96. The number of fused-ring (bicyclic) bond motifs is 2. The summed E-state index contributed by atoms with van der Waals surface area (Å²) in [6, 6.07) is 3.81. The Morgan fingerprint density at radius 1 is 1.19 bits per heavy atom. The highest BCUT2D eigenvalue weighted by Gasteiger charge is 2.55. The van der Waals surface area contributed by atoms with E-state index in [-0.39, 0.29) is 11.3 Å². The van der Waals surface area contributed by atoms with Gasteiger partial charge in [0, 0.05) is 17.2 Å². The molecule has 3 rings (SSSR count). The second kappa shape index (κ2) is 6.71. The number of carboxylic acid groups (broad SMARTS) is 1. The molecule has 1 aromatic rings. The molecule has 0 spiro atoms. The monoisotopic (exact) mass is 363 g/mol. The molecule has 2 bridgehead atoms. The van der Waals surface area contributed by atoms with Crippen molar-refractivity contribution in [2.75, 3.05) is 0 Å². The van der Waals surface area contributed by atoms with Crippen LogP contribution in [0.5, 0.6) is 0 Å². The van der Waals surface area contributed by atoms with Crippen LogP contribution in [0.2, 0.25) is 0 Å². The minimum absolute atomic E-state index is 0.117. The molecule has 3 N–H and O–H groups in total. The van der Waals surface area contributed by atoms with Crippen LogP contribution in [0.3, 0.4) is 0 Å². The fraction of sp³-hybridized carbons (Fsp3) is 0.438. The number of nitro benzene ring substituents is 1. The van der Waals surface area contributed by atoms with Gasteiger partial charge in [0.2, 0.25) is 5.91 Å². The Labute approximate surface area is 147 Å². The largest absolute Gasteiger partial charge is 0.481 e. The zero-order chi connectivity index (χ0) is 19.0. The lowest BCUT2D eigenvalue weighted by atomic mass is 9.79. The average Bonchev–Trinajstić information content (AvgIpc) is 3.20. The quantitative estimate of drug-likeness (QED) is 0.522. The molecule has 2 heterocycles. The Morgan fingerprint density at radius 3 is 2.42 bits per heavy atom. The third kappa shape index (κ3) is 3.10. The molecule has 10 nitrogen and oxygen atoms in total. The molecular weight excluding hydrogens is 346 g/mol. The number of carboxylic acids is 1. The summed E-state index contributed by atoms with van der Waals surface area (Å²) in [7, 11) is 0. The number of aryl methyl sites for hydroxylation is 1. The topological polar surface area (TPSA) is 148 Å². The van der Waals surface area contributed by atoms with Crippen LogP contribution >= 0.6 is 0 Å². The molecule has 26 heavy (non-hydrogen) atoms. The van der Waals surface area contributed by atoms with Crippen LogP contribution in [0.15, 0.2) is 18.2 Å². The number of benzene rings is 1. The summed E-state index contributed by atoms with van der Waals surface area (Å²) in [5.74, 6) is -4.20. The summed E-state index contributed by atoms with van der Waals surface area (Å²) < 4.78 is 5.50. The maximum Gasteiger partial charge on any atom is 0.310 e. The van der Waals surface area contributed by atoms with Gasteiger partial charge in [0.25, 0.3) is 11.6 Å². The minimum Gasteiger partial charge on any atom is -0.481 e. The Bertz CT molecular complexity index is 794. The number of hydrogen-bond donors (Lipinski definition) is 3. The number of hydrogen-bond acceptors (Lipinski definition) is 6. The summed E-state index contributed by atoms with van der Waals surface area (Å²) >= 11 is 0. The van der Waals surface area contributed by atoms with Crippen molar-refractivity contribution in [3.63, 3.8) is 0 Å². The van der Waals surface area contributed by atoms with Gasteiger partial charge < -0.3 is 9.84 Å². The van der Waals surface area contributed by atoms with Gasteiger partial charge in [-0.25, -0.2) is 0 Å². The van der Waals surface area contributed by atoms with Gasteiger partial charge in [-0.3, -0.25) is 35.3 Å². The van der Waals surface area contributed by atoms with Gasteiger partial charge >= 0.3 is 5.97 Å². The van der Waals surface area contributed by atoms with Crippen LogP contribution in [-0.2, 0) is 14.3 Å². The highest BCUT2D eigenvalue weighted by Crippen LogP contribution is 2.43. The predicted octanol–water partition coefficient (Wildman–Crippen LogP) is 0.542. The first kappa shape index (κ1) is 17.8. The number of carbonyl (C=O) groups excluding carboxylic acids is 2. The van der Waals surface area contributed by atoms with E-state index in [1.807, 2.05) is 0 Å². The second-order valence-electron chi connectivity index (χ2n) is 6.38. The van der Waals surface area contributed by atoms with E-state index in [1.165, 1.54) is 25.1 Å². The normalized spacial score (nSPS) is 26.3. The number of hydrazine groups is 1. The van der Waals surface area contributed by atoms with Crippen LogP contribution in [-0.4, -0.2) is 40.0 Å². The average molecular weight is 363 g/mol. The molecule has 2 aliphatic heterocycles. The molecule has 2 aliphatic rings. The summed E-state index contributed by atoms with van der Waals surface area (Å²) in [6.07, 6.45) is 0.239. The molecule has 2 saturated heterocycles. The van der Waals surface area contributed by atoms with E-state index in [4.69, 9.17) is 4.74 Å². The minimum atomic E-state index is -1.10. The number of aliphatic carboxylic acids is 1. The van der Waals surface area contributed by atoms with Gasteiger partial charge in [-0.05, 0) is 31.9 Å². The molecule has 138 valence electrons. The number of amides is 2. The van der Waals surface area contributed by atoms with Crippen molar-refractivity contribution in [2.24, 2.45) is 11.8 Å². The summed E-state index contributed by atoms with van der Waals surface area (Å²) in [5.41, 5.74) is 4.77. The Hall–Kier alpha value is -3.01. The van der Waals surface area contributed by atoms with Crippen molar-refractivity contribution in [1.29, 1.82) is 0 Å². The van der Waals surface area contributed by atoms with Gasteiger partial charge in [-0.2, -0.15) is 0 Å². The second-order valence-corrected chi connectivity index (χ2v) is 6.38. The lowest BCUT2D eigenvalue weighted by molar-refractivity contribution is -0.385. The fourth-order valence-electron chi connectivity index (χ4n) is 3.60. The van der Waals surface area contributed by atoms with Gasteiger partial charge in [0.1, 0.15) is 0 Å². The lowest BCUT2D eigenvalue weighted by Crippen LogP contribution is -2.50. The molecule has 0 aromatic heterocycles. The van der Waals surface area contributed by atoms with Crippen LogP contribution in [0.4, 0.5) is 5.69 Å². The molecule has 4 atom stereocenters. The highest BCUT2D eigenvalue weighted by atomic mass is 16.6. The smallest absolute Gasteiger partial charge is 0.310 e. The Morgan fingerprint density at radius 2 is 1.85 bits per heavy atom. The van der Waals surface area contributed by atoms with E-state index < -0.39 is 46.8 Å². The van der Waals surface area contributed by atoms with Crippen LogP contribution in [0, 0.1) is 28.9 Å². The maximum absolute atomic E-state index is 12.3. The van der Waals surface area contributed by atoms with Crippen molar-refractivity contribution < 1.29 is 29.2 Å². The van der Waals surface area contributed by atoms with Gasteiger partial charge in [0.15, 0.2) is 0 Å². The predicted molar refractivity (Wildman–Crippen MR) is 86.0 cm³/mol. The first-order chi connectivity index (χ1) is 12.3. The van der Waals surface area contributed by atoms with E-state index >= 15 is 0 Å². The van der Waals surface area contributed by atoms with Gasteiger partial charge in [-0.1, -0.05) is 0 Å². The van der Waals surface area contributed by atoms with E-state index in [9.17, 15) is 29.6 Å². The zero-order valence-electron chi connectivity index (χ0n) is 13.8. The van der Waals surface area contributed by atoms with E-state index in [1.54, 1.807) is 0 Å². The maximum atomic E-state index is 12.3. The van der Waals surface area contributed by atoms with E-state index in [0.717, 1.165) is 0 Å². The first-order valence-electron chi connectivity index (χ1n) is 8.03. The lowest BCUT2D eigenvalue weighted by Gasteiger charge is -2.23. The zero-order valence-corrected chi connectivity index (χ0v) is 13.8. The fourth-order valence-corrected chi connectivity index (χ4v) is 3.60. The molecule has 2 fully saturated rings. The number of ether oxygens (including phenoxy) is 1. The van der Waals surface area contributed by atoms with Crippen molar-refractivity contribution in [3.8, 4) is 0 Å². The number of nitrogens with one attached hydrogen (secondary N) is 2. The molecule has 0 radical (unpaired) electrons. The number of carbonyl (C=O) groups is 3. The summed E-state index contributed by atoms with van der Waals surface area (Å²) in [6.45, 7) is 1.50. The van der Waals surface area contributed by atoms with Crippen molar-refractivity contribution in [3.05, 3.63) is 39.4 Å².